The highest BCUT2D eigenvalue weighted by atomic mass is 35.5. The molecule has 1 aliphatic carbocycles. The molecule has 0 saturated heterocycles. The van der Waals surface area contributed by atoms with Crippen LogP contribution in [0.5, 0.6) is 5.75 Å². The van der Waals surface area contributed by atoms with Gasteiger partial charge in [-0.05, 0) is 38.1 Å². The normalized spacial score (nSPS) is 15.5. The molecular weight excluding hydrogens is 390 g/mol. The standard InChI is InChI=1S/C18H29N3O4S.ClH/c1-19-26(23,24)17-13-14(9-10-16(17)25-2)18(22)21-12-11-20-15-7-5-3-4-6-8-15;/h9-10,13,15,19-20H,3-8,11-12H2,1-2H3,(H,21,22);1H. The summed E-state index contributed by atoms with van der Waals surface area (Å²) in [5, 5.41) is 6.32. The first-order chi connectivity index (χ1) is 12.5. The van der Waals surface area contributed by atoms with Crippen LogP contribution in [-0.4, -0.2) is 47.6 Å². The summed E-state index contributed by atoms with van der Waals surface area (Å²) < 4.78 is 31.5. The van der Waals surface area contributed by atoms with E-state index in [9.17, 15) is 13.2 Å². The van der Waals surface area contributed by atoms with Crippen molar-refractivity contribution in [3.8, 4) is 5.75 Å². The Balaban J connectivity index is 0.00000364. The number of carbonyl (C=O) groups excluding carboxylic acids is 1. The second-order valence-corrected chi connectivity index (χ2v) is 8.33. The largest absolute Gasteiger partial charge is 0.495 e. The molecule has 0 spiro atoms. The van der Waals surface area contributed by atoms with E-state index >= 15 is 0 Å². The van der Waals surface area contributed by atoms with Gasteiger partial charge in [-0.2, -0.15) is 0 Å². The Morgan fingerprint density at radius 1 is 1.15 bits per heavy atom. The number of amides is 1. The van der Waals surface area contributed by atoms with E-state index in [2.05, 4.69) is 15.4 Å². The quantitative estimate of drug-likeness (QED) is 0.442. The second kappa shape index (κ2) is 11.5. The van der Waals surface area contributed by atoms with Crippen LogP contribution < -0.4 is 20.1 Å². The second-order valence-electron chi connectivity index (χ2n) is 6.47. The van der Waals surface area contributed by atoms with E-state index in [1.54, 1.807) is 6.07 Å². The summed E-state index contributed by atoms with van der Waals surface area (Å²) in [6, 6.07) is 4.91. The number of methoxy groups -OCH3 is 1. The fourth-order valence-corrected chi connectivity index (χ4v) is 4.09. The number of sulfonamides is 1. The molecule has 0 radical (unpaired) electrons. The van der Waals surface area contributed by atoms with Crippen LogP contribution in [0.2, 0.25) is 0 Å². The molecular formula is C18H30ClN3O4S. The highest BCUT2D eigenvalue weighted by Gasteiger charge is 2.20. The van der Waals surface area contributed by atoms with Crippen molar-refractivity contribution in [3.05, 3.63) is 23.8 Å². The monoisotopic (exact) mass is 419 g/mol. The Morgan fingerprint density at radius 2 is 1.81 bits per heavy atom. The molecule has 154 valence electrons. The minimum Gasteiger partial charge on any atom is -0.495 e. The van der Waals surface area contributed by atoms with E-state index in [0.29, 0.717) is 19.1 Å². The third-order valence-corrected chi connectivity index (χ3v) is 6.12. The number of halogens is 1. The van der Waals surface area contributed by atoms with Crippen LogP contribution in [-0.2, 0) is 10.0 Å². The Hall–Kier alpha value is -1.35. The van der Waals surface area contributed by atoms with Gasteiger partial charge in [0, 0.05) is 24.7 Å². The summed E-state index contributed by atoms with van der Waals surface area (Å²) in [5.74, 6) is -0.103. The molecule has 1 fully saturated rings. The molecule has 1 aromatic carbocycles. The molecule has 0 aromatic heterocycles. The van der Waals surface area contributed by atoms with Crippen LogP contribution in [0.3, 0.4) is 0 Å². The molecule has 2 rings (SSSR count). The van der Waals surface area contributed by atoms with Gasteiger partial charge in [0.05, 0.1) is 7.11 Å². The van der Waals surface area contributed by atoms with Gasteiger partial charge in [-0.3, -0.25) is 4.79 Å². The molecule has 0 atom stereocenters. The highest BCUT2D eigenvalue weighted by molar-refractivity contribution is 7.89. The Morgan fingerprint density at radius 3 is 2.41 bits per heavy atom. The van der Waals surface area contributed by atoms with Crippen LogP contribution in [0.15, 0.2) is 23.1 Å². The van der Waals surface area contributed by atoms with E-state index in [0.717, 1.165) is 0 Å². The number of hydrogen-bond donors (Lipinski definition) is 3. The van der Waals surface area contributed by atoms with Crippen LogP contribution in [0, 0.1) is 0 Å². The number of ether oxygens (including phenoxy) is 1. The summed E-state index contributed by atoms with van der Waals surface area (Å²) in [7, 11) is -0.996. The Kier molecular flexibility index (Phi) is 10.1. The molecule has 1 aromatic rings. The number of carbonyl (C=O) groups is 1. The van der Waals surface area contributed by atoms with Gasteiger partial charge in [-0.25, -0.2) is 13.1 Å². The van der Waals surface area contributed by atoms with Gasteiger partial charge in [-0.1, -0.05) is 25.7 Å². The number of benzene rings is 1. The summed E-state index contributed by atoms with van der Waals surface area (Å²) in [5.41, 5.74) is 0.286. The summed E-state index contributed by atoms with van der Waals surface area (Å²) in [6.45, 7) is 1.20. The van der Waals surface area contributed by atoms with E-state index in [1.165, 1.54) is 64.8 Å². The lowest BCUT2D eigenvalue weighted by Crippen LogP contribution is -2.37. The van der Waals surface area contributed by atoms with Crippen molar-refractivity contribution < 1.29 is 17.9 Å². The van der Waals surface area contributed by atoms with Crippen molar-refractivity contribution in [1.29, 1.82) is 0 Å². The van der Waals surface area contributed by atoms with Crippen LogP contribution in [0.4, 0.5) is 0 Å². The van der Waals surface area contributed by atoms with Crippen LogP contribution in [0.1, 0.15) is 48.9 Å². The third kappa shape index (κ3) is 6.95. The van der Waals surface area contributed by atoms with Gasteiger partial charge in [0.2, 0.25) is 10.0 Å². The number of hydrogen-bond acceptors (Lipinski definition) is 5. The SMILES string of the molecule is CNS(=O)(=O)c1cc(C(=O)NCCNC2CCCCCC2)ccc1OC.Cl. The zero-order chi connectivity index (χ0) is 19.0. The van der Waals surface area contributed by atoms with Crippen molar-refractivity contribution in [3.63, 3.8) is 0 Å². The maximum atomic E-state index is 12.3. The van der Waals surface area contributed by atoms with Gasteiger partial charge in [0.25, 0.3) is 5.91 Å². The third-order valence-electron chi connectivity index (χ3n) is 4.68. The van der Waals surface area contributed by atoms with Gasteiger partial charge < -0.3 is 15.4 Å². The number of rotatable bonds is 8. The minimum absolute atomic E-state index is 0. The minimum atomic E-state index is -3.71. The zero-order valence-corrected chi connectivity index (χ0v) is 17.5. The number of nitrogens with one attached hydrogen (secondary N) is 3. The van der Waals surface area contributed by atoms with Crippen molar-refractivity contribution in [2.24, 2.45) is 0 Å². The highest BCUT2D eigenvalue weighted by Crippen LogP contribution is 2.24. The van der Waals surface area contributed by atoms with E-state index in [1.807, 2.05) is 0 Å². The molecule has 1 amide bonds. The maximum absolute atomic E-state index is 12.3. The first-order valence-electron chi connectivity index (χ1n) is 9.11. The van der Waals surface area contributed by atoms with Crippen molar-refractivity contribution >= 4 is 28.3 Å². The predicted octanol–water partition coefficient (Wildman–Crippen LogP) is 2.07. The Labute approximate surface area is 168 Å². The fourth-order valence-electron chi connectivity index (χ4n) is 3.18. The summed E-state index contributed by atoms with van der Waals surface area (Å²) in [6.07, 6.45) is 7.53. The molecule has 0 heterocycles. The first-order valence-corrected chi connectivity index (χ1v) is 10.6. The predicted molar refractivity (Wildman–Crippen MR) is 108 cm³/mol. The Bertz CT molecular complexity index is 705. The lowest BCUT2D eigenvalue weighted by molar-refractivity contribution is 0.0953. The summed E-state index contributed by atoms with van der Waals surface area (Å²) in [4.78, 5) is 12.3. The van der Waals surface area contributed by atoms with Crippen molar-refractivity contribution in [1.82, 2.24) is 15.4 Å². The van der Waals surface area contributed by atoms with E-state index in [4.69, 9.17) is 4.74 Å². The van der Waals surface area contributed by atoms with Crippen LogP contribution in [0.25, 0.3) is 0 Å². The van der Waals surface area contributed by atoms with Gasteiger partial charge in [0.15, 0.2) is 0 Å². The van der Waals surface area contributed by atoms with Crippen LogP contribution >= 0.6 is 12.4 Å². The summed E-state index contributed by atoms with van der Waals surface area (Å²) >= 11 is 0. The van der Waals surface area contributed by atoms with Gasteiger partial charge in [-0.15, -0.1) is 12.4 Å². The molecule has 3 N–H and O–H groups in total. The maximum Gasteiger partial charge on any atom is 0.251 e. The molecule has 7 nitrogen and oxygen atoms in total. The molecule has 0 aliphatic heterocycles. The lowest BCUT2D eigenvalue weighted by Gasteiger charge is -2.16. The average molecular weight is 420 g/mol. The molecule has 9 heteroatoms. The van der Waals surface area contributed by atoms with E-state index in [-0.39, 0.29) is 34.5 Å². The average Bonchev–Trinajstić information content (AvgIpc) is 2.93. The molecule has 27 heavy (non-hydrogen) atoms. The lowest BCUT2D eigenvalue weighted by atomic mass is 10.1. The molecule has 0 unspecified atom stereocenters. The van der Waals surface area contributed by atoms with E-state index < -0.39 is 10.0 Å². The first kappa shape index (κ1) is 23.7. The fraction of sp³-hybridized carbons (Fsp3) is 0.611. The van der Waals surface area contributed by atoms with Gasteiger partial charge >= 0.3 is 0 Å². The van der Waals surface area contributed by atoms with Crippen molar-refractivity contribution in [2.75, 3.05) is 27.2 Å². The topological polar surface area (TPSA) is 96.5 Å². The molecule has 1 aliphatic rings. The van der Waals surface area contributed by atoms with Crippen molar-refractivity contribution in [2.45, 2.75) is 49.5 Å². The molecule has 0 bridgehead atoms. The van der Waals surface area contributed by atoms with Gasteiger partial charge in [0.1, 0.15) is 10.6 Å². The smallest absolute Gasteiger partial charge is 0.251 e. The zero-order valence-electron chi connectivity index (χ0n) is 15.9. The molecule has 1 saturated carbocycles.